The zero-order chi connectivity index (χ0) is 21.9. The average molecular weight is 421 g/mol. The number of hydrogen-bond donors (Lipinski definition) is 0. The zero-order valence-electron chi connectivity index (χ0n) is 18.9. The molecule has 156 valence electrons. The largest absolute Gasteiger partial charge is 0.0619 e. The third-order valence-corrected chi connectivity index (χ3v) is 9.00. The van der Waals surface area contributed by atoms with Gasteiger partial charge in [-0.2, -0.15) is 0 Å². The summed E-state index contributed by atoms with van der Waals surface area (Å²) in [5.41, 5.74) is 14.4. The molecular weight excluding hydrogens is 396 g/mol. The van der Waals surface area contributed by atoms with Gasteiger partial charge in [0, 0.05) is 10.8 Å². The predicted octanol–water partition coefficient (Wildman–Crippen LogP) is 7.75. The van der Waals surface area contributed by atoms with Crippen molar-refractivity contribution in [2.24, 2.45) is 0 Å². The topological polar surface area (TPSA) is 0 Å². The fourth-order valence-corrected chi connectivity index (χ4v) is 7.42. The van der Waals surface area contributed by atoms with Crippen LogP contribution in [0.3, 0.4) is 0 Å². The first-order chi connectivity index (χ1) is 16.1. The van der Waals surface area contributed by atoms with Crippen molar-refractivity contribution in [1.82, 2.24) is 0 Å². The van der Waals surface area contributed by atoms with Gasteiger partial charge < -0.3 is 0 Å². The van der Waals surface area contributed by atoms with E-state index in [1.807, 2.05) is 0 Å². The van der Waals surface area contributed by atoms with Crippen molar-refractivity contribution in [3.05, 3.63) is 142 Å². The standard InChI is InChI=1S/C33H24/c1-32-25-11-5-7-13-27(25)33(2,28-14-8-6-12-26(28)32)30-19-24-22(18-29(30)32)17-21-16-15-20-9-3-4-10-23(20)31(21)24/h3-16,18-19H,17H2,1-2H3. The van der Waals surface area contributed by atoms with Gasteiger partial charge >= 0.3 is 0 Å². The molecule has 4 aliphatic carbocycles. The maximum absolute atomic E-state index is 2.56. The molecule has 0 saturated carbocycles. The van der Waals surface area contributed by atoms with Crippen molar-refractivity contribution in [3.63, 3.8) is 0 Å². The highest BCUT2D eigenvalue weighted by Crippen LogP contribution is 2.62. The van der Waals surface area contributed by atoms with Crippen LogP contribution >= 0.6 is 0 Å². The van der Waals surface area contributed by atoms with Gasteiger partial charge in [-0.05, 0) is 92.7 Å². The van der Waals surface area contributed by atoms with Crippen LogP contribution in [0.2, 0.25) is 0 Å². The van der Waals surface area contributed by atoms with Crippen molar-refractivity contribution < 1.29 is 0 Å². The van der Waals surface area contributed by atoms with Crippen LogP contribution in [-0.2, 0) is 17.3 Å². The van der Waals surface area contributed by atoms with E-state index in [0.29, 0.717) is 0 Å². The van der Waals surface area contributed by atoms with Crippen molar-refractivity contribution in [1.29, 1.82) is 0 Å². The molecule has 0 N–H and O–H groups in total. The van der Waals surface area contributed by atoms with E-state index >= 15 is 0 Å². The molecule has 33 heavy (non-hydrogen) atoms. The molecule has 0 aliphatic heterocycles. The van der Waals surface area contributed by atoms with Crippen molar-refractivity contribution in [2.45, 2.75) is 31.1 Å². The lowest BCUT2D eigenvalue weighted by Gasteiger charge is -2.54. The number of benzene rings is 5. The first-order valence-corrected chi connectivity index (χ1v) is 12.0. The van der Waals surface area contributed by atoms with Gasteiger partial charge in [0.1, 0.15) is 0 Å². The fraction of sp³-hybridized carbons (Fsp3) is 0.152. The highest BCUT2D eigenvalue weighted by molar-refractivity contribution is 6.01. The summed E-state index contributed by atoms with van der Waals surface area (Å²) in [6.07, 6.45) is 1.03. The van der Waals surface area contributed by atoms with E-state index in [1.165, 1.54) is 66.4 Å². The highest BCUT2D eigenvalue weighted by atomic mass is 14.6. The quantitative estimate of drug-likeness (QED) is 0.236. The molecule has 0 unspecified atom stereocenters. The van der Waals surface area contributed by atoms with Gasteiger partial charge in [0.2, 0.25) is 0 Å². The lowest BCUT2D eigenvalue weighted by molar-refractivity contribution is 0.511. The Labute approximate surface area is 194 Å². The molecule has 0 heterocycles. The lowest BCUT2D eigenvalue weighted by Crippen LogP contribution is -2.48. The molecule has 2 bridgehead atoms. The van der Waals surface area contributed by atoms with Crippen LogP contribution in [-0.4, -0.2) is 0 Å². The van der Waals surface area contributed by atoms with Crippen LogP contribution < -0.4 is 0 Å². The Morgan fingerprint density at radius 2 is 1.06 bits per heavy atom. The van der Waals surface area contributed by atoms with E-state index in [1.54, 1.807) is 0 Å². The summed E-state index contributed by atoms with van der Waals surface area (Å²) in [7, 11) is 0. The van der Waals surface area contributed by atoms with E-state index in [4.69, 9.17) is 0 Å². The second kappa shape index (κ2) is 5.64. The maximum Gasteiger partial charge on any atom is 0.0433 e. The minimum Gasteiger partial charge on any atom is -0.0619 e. The first-order valence-electron chi connectivity index (χ1n) is 12.0. The smallest absolute Gasteiger partial charge is 0.0433 e. The molecule has 0 amide bonds. The Morgan fingerprint density at radius 3 is 1.70 bits per heavy atom. The Balaban J connectivity index is 1.51. The average Bonchev–Trinajstić information content (AvgIpc) is 3.24. The van der Waals surface area contributed by atoms with Crippen molar-refractivity contribution in [2.75, 3.05) is 0 Å². The molecule has 9 rings (SSSR count). The van der Waals surface area contributed by atoms with Gasteiger partial charge in [0.25, 0.3) is 0 Å². The summed E-state index contributed by atoms with van der Waals surface area (Å²) >= 11 is 0. The van der Waals surface area contributed by atoms with Crippen LogP contribution in [0, 0.1) is 0 Å². The Bertz CT molecular complexity index is 1620. The van der Waals surface area contributed by atoms with Gasteiger partial charge in [-0.3, -0.25) is 0 Å². The second-order valence-electron chi connectivity index (χ2n) is 10.4. The molecule has 0 aromatic heterocycles. The van der Waals surface area contributed by atoms with Crippen molar-refractivity contribution >= 4 is 10.8 Å². The van der Waals surface area contributed by atoms with Gasteiger partial charge in [-0.15, -0.1) is 0 Å². The Hall–Kier alpha value is -3.64. The van der Waals surface area contributed by atoms with Gasteiger partial charge in [-0.25, -0.2) is 0 Å². The van der Waals surface area contributed by atoms with Crippen LogP contribution in [0.4, 0.5) is 0 Å². The minimum absolute atomic E-state index is 0.119. The molecule has 0 spiro atoms. The normalized spacial score (nSPS) is 23.0. The second-order valence-corrected chi connectivity index (χ2v) is 10.4. The molecule has 0 heteroatoms. The predicted molar refractivity (Wildman–Crippen MR) is 136 cm³/mol. The number of hydrogen-bond acceptors (Lipinski definition) is 0. The Kier molecular flexibility index (Phi) is 3.05. The summed E-state index contributed by atoms with van der Waals surface area (Å²) in [6.45, 7) is 4.90. The fourth-order valence-electron chi connectivity index (χ4n) is 7.42. The molecular formula is C33H24. The molecule has 0 saturated heterocycles. The van der Waals surface area contributed by atoms with E-state index in [2.05, 4.69) is 111 Å². The molecule has 5 aromatic carbocycles. The SMILES string of the molecule is CC12c3ccccc3C(C)(c3ccccc31)c1cc3c(cc12)Cc1ccc2ccccc2c1-3. The first kappa shape index (κ1) is 17.9. The van der Waals surface area contributed by atoms with Crippen LogP contribution in [0.25, 0.3) is 21.9 Å². The summed E-state index contributed by atoms with van der Waals surface area (Å²) < 4.78 is 0. The highest BCUT2D eigenvalue weighted by Gasteiger charge is 2.54. The Morgan fingerprint density at radius 1 is 0.515 bits per heavy atom. The molecule has 4 aliphatic rings. The van der Waals surface area contributed by atoms with E-state index < -0.39 is 0 Å². The number of fused-ring (bicyclic) bond motifs is 5. The molecule has 0 fully saturated rings. The summed E-state index contributed by atoms with van der Waals surface area (Å²) in [6, 6.07) is 36.9. The molecule has 0 radical (unpaired) electrons. The molecule has 5 aromatic rings. The maximum atomic E-state index is 2.56. The molecule has 0 nitrogen and oxygen atoms in total. The van der Waals surface area contributed by atoms with E-state index in [9.17, 15) is 0 Å². The van der Waals surface area contributed by atoms with E-state index in [-0.39, 0.29) is 10.8 Å². The van der Waals surface area contributed by atoms with E-state index in [0.717, 1.165) is 6.42 Å². The molecule has 0 atom stereocenters. The summed E-state index contributed by atoms with van der Waals surface area (Å²) in [4.78, 5) is 0. The third kappa shape index (κ3) is 1.88. The monoisotopic (exact) mass is 420 g/mol. The third-order valence-electron chi connectivity index (χ3n) is 9.00. The van der Waals surface area contributed by atoms with Crippen LogP contribution in [0.15, 0.2) is 97.1 Å². The van der Waals surface area contributed by atoms with Crippen LogP contribution in [0.1, 0.15) is 58.4 Å². The minimum atomic E-state index is -0.136. The summed E-state index contributed by atoms with van der Waals surface area (Å²) in [5, 5.41) is 2.71. The van der Waals surface area contributed by atoms with Gasteiger partial charge in [0.15, 0.2) is 0 Å². The zero-order valence-corrected chi connectivity index (χ0v) is 18.9. The lowest BCUT2D eigenvalue weighted by atomic mass is 9.48. The van der Waals surface area contributed by atoms with Crippen molar-refractivity contribution in [3.8, 4) is 11.1 Å². The van der Waals surface area contributed by atoms with Gasteiger partial charge in [0.05, 0.1) is 0 Å². The van der Waals surface area contributed by atoms with Gasteiger partial charge in [-0.1, -0.05) is 91.0 Å². The van der Waals surface area contributed by atoms with Crippen LogP contribution in [0.5, 0.6) is 0 Å². The summed E-state index contributed by atoms with van der Waals surface area (Å²) in [5.74, 6) is 0. The number of rotatable bonds is 0.